The number of aldehydes is 1. The summed E-state index contributed by atoms with van der Waals surface area (Å²) in [6.45, 7) is -0.976. The summed E-state index contributed by atoms with van der Waals surface area (Å²) in [6.07, 6.45) is -16.8. The minimum Gasteiger partial charge on any atom is -0.477 e. The molecule has 10 atom stereocenters. The predicted octanol–water partition coefficient (Wildman–Crippen LogP) is -6.20. The number of ether oxygens (including phenoxy) is 2. The number of carboxylic acid groups (broad SMARTS) is 1. The molecule has 1 aliphatic heterocycles. The monoisotopic (exact) mass is 471 g/mol. The molecule has 15 heteroatoms. The molecule has 0 radical (unpaired) electrons. The lowest BCUT2D eigenvalue weighted by Crippen LogP contribution is -2.68. The number of carboxylic acids is 1. The Balaban J connectivity index is 3.13. The van der Waals surface area contributed by atoms with Crippen LogP contribution in [0.2, 0.25) is 0 Å². The average molecular weight is 471 g/mol. The van der Waals surface area contributed by atoms with Crippen LogP contribution in [0.3, 0.4) is 0 Å². The van der Waals surface area contributed by atoms with Crippen LogP contribution in [0.5, 0.6) is 0 Å². The van der Waals surface area contributed by atoms with Crippen molar-refractivity contribution in [3.63, 3.8) is 0 Å². The van der Waals surface area contributed by atoms with Gasteiger partial charge < -0.3 is 65.5 Å². The van der Waals surface area contributed by atoms with E-state index in [-0.39, 0.29) is 6.29 Å². The summed E-state index contributed by atoms with van der Waals surface area (Å²) in [4.78, 5) is 33.8. The van der Waals surface area contributed by atoms with Crippen LogP contribution in [0, 0.1) is 0 Å². The van der Waals surface area contributed by atoms with E-state index in [0.29, 0.717) is 0 Å². The topological polar surface area (TPSA) is 264 Å². The second kappa shape index (κ2) is 11.9. The van der Waals surface area contributed by atoms with Crippen molar-refractivity contribution in [1.29, 1.82) is 0 Å². The highest BCUT2D eigenvalue weighted by atomic mass is 16.7. The third kappa shape index (κ3) is 6.61. The van der Waals surface area contributed by atoms with Crippen LogP contribution in [0.1, 0.15) is 13.3 Å². The summed E-state index contributed by atoms with van der Waals surface area (Å²) in [5.74, 6) is -5.33. The third-order valence-corrected chi connectivity index (χ3v) is 4.91. The van der Waals surface area contributed by atoms with E-state index >= 15 is 0 Å². The summed E-state index contributed by atoms with van der Waals surface area (Å²) < 4.78 is 10.3. The number of hydrogen-bond donors (Lipinski definition) is 10. The zero-order chi connectivity index (χ0) is 24.8. The van der Waals surface area contributed by atoms with Crippen LogP contribution in [0.15, 0.2) is 0 Å². The fraction of sp³-hybridized carbons (Fsp3) is 0.824. The normalized spacial score (nSPS) is 31.6. The van der Waals surface area contributed by atoms with E-state index in [4.69, 9.17) is 14.6 Å². The van der Waals surface area contributed by atoms with Crippen LogP contribution >= 0.6 is 0 Å². The number of aliphatic hydroxyl groups excluding tert-OH is 8. The van der Waals surface area contributed by atoms with Gasteiger partial charge in [-0.2, -0.15) is 0 Å². The number of carbonyl (C=O) groups is 3. The number of hydrogen-bond acceptors (Lipinski definition) is 13. The molecule has 1 amide bonds. The van der Waals surface area contributed by atoms with Gasteiger partial charge in [0.15, 0.2) is 6.29 Å². The van der Waals surface area contributed by atoms with E-state index in [1.54, 1.807) is 0 Å². The Morgan fingerprint density at radius 1 is 1.16 bits per heavy atom. The second-order valence-corrected chi connectivity index (χ2v) is 7.37. The molecule has 1 rings (SSSR count). The molecule has 0 aliphatic carbocycles. The largest absolute Gasteiger partial charge is 0.477 e. The lowest BCUT2D eigenvalue weighted by molar-refractivity contribution is -0.317. The molecule has 1 fully saturated rings. The van der Waals surface area contributed by atoms with Crippen molar-refractivity contribution >= 4 is 18.2 Å². The molecule has 10 N–H and O–H groups in total. The van der Waals surface area contributed by atoms with Crippen LogP contribution in [-0.2, 0) is 23.9 Å². The Labute approximate surface area is 181 Å². The first-order chi connectivity index (χ1) is 14.8. The molecule has 0 aromatic heterocycles. The lowest BCUT2D eigenvalue weighted by Gasteiger charge is -2.46. The minimum absolute atomic E-state index is 0.110. The number of aliphatic carboxylic acids is 1. The predicted molar refractivity (Wildman–Crippen MR) is 98.6 cm³/mol. The summed E-state index contributed by atoms with van der Waals surface area (Å²) in [5, 5.41) is 89.9. The first-order valence-electron chi connectivity index (χ1n) is 9.46. The van der Waals surface area contributed by atoms with Crippen molar-refractivity contribution in [1.82, 2.24) is 5.32 Å². The molecule has 1 aliphatic rings. The van der Waals surface area contributed by atoms with Crippen LogP contribution in [0.25, 0.3) is 0 Å². The van der Waals surface area contributed by atoms with Crippen molar-refractivity contribution < 1.29 is 69.8 Å². The molecule has 1 heterocycles. The molecular formula is C17H29NO14. The van der Waals surface area contributed by atoms with E-state index in [9.17, 15) is 55.2 Å². The molecule has 0 spiro atoms. The summed E-state index contributed by atoms with van der Waals surface area (Å²) in [6, 6.07) is -1.43. The van der Waals surface area contributed by atoms with Crippen molar-refractivity contribution in [3.8, 4) is 0 Å². The molecule has 0 aromatic rings. The molecule has 0 bridgehead atoms. The van der Waals surface area contributed by atoms with Gasteiger partial charge in [-0.25, -0.2) is 4.79 Å². The molecule has 32 heavy (non-hydrogen) atoms. The first kappa shape index (κ1) is 28.2. The highest BCUT2D eigenvalue weighted by Crippen LogP contribution is 2.33. The van der Waals surface area contributed by atoms with Crippen LogP contribution in [-0.4, -0.2) is 138 Å². The average Bonchev–Trinajstić information content (AvgIpc) is 2.75. The molecule has 0 saturated carbocycles. The van der Waals surface area contributed by atoms with Crippen LogP contribution in [0.4, 0.5) is 0 Å². The van der Waals surface area contributed by atoms with Gasteiger partial charge in [0.05, 0.1) is 25.4 Å². The SMILES string of the molecule is CC(=O)NC1C(O)CC(OCC(O)C(O)C(O)C(O)C=O)(C(=O)O)OC1C(O)C(O)CO. The smallest absolute Gasteiger partial charge is 0.364 e. The Hall–Kier alpha value is -1.79. The van der Waals surface area contributed by atoms with E-state index in [0.717, 1.165) is 6.92 Å². The minimum atomic E-state index is -2.77. The number of aliphatic hydroxyl groups is 8. The molecule has 1 saturated heterocycles. The highest BCUT2D eigenvalue weighted by Gasteiger charge is 2.56. The fourth-order valence-corrected chi connectivity index (χ4v) is 3.11. The van der Waals surface area contributed by atoms with Gasteiger partial charge in [0.25, 0.3) is 5.79 Å². The Kier molecular flexibility index (Phi) is 10.5. The Morgan fingerprint density at radius 3 is 2.22 bits per heavy atom. The Morgan fingerprint density at radius 2 is 1.75 bits per heavy atom. The first-order valence-corrected chi connectivity index (χ1v) is 9.46. The number of nitrogens with one attached hydrogen (secondary N) is 1. The molecular weight excluding hydrogens is 442 g/mol. The second-order valence-electron chi connectivity index (χ2n) is 7.37. The van der Waals surface area contributed by atoms with Crippen molar-refractivity contribution in [2.45, 2.75) is 74.0 Å². The maximum Gasteiger partial charge on any atom is 0.364 e. The zero-order valence-corrected chi connectivity index (χ0v) is 17.0. The van der Waals surface area contributed by atoms with Crippen LogP contribution < -0.4 is 5.32 Å². The van der Waals surface area contributed by atoms with Gasteiger partial charge in [-0.05, 0) is 0 Å². The molecule has 186 valence electrons. The van der Waals surface area contributed by atoms with E-state index < -0.39 is 92.2 Å². The number of amides is 1. The fourth-order valence-electron chi connectivity index (χ4n) is 3.11. The quantitative estimate of drug-likeness (QED) is 0.119. The standard InChI is InChI=1S/C17H29NO14/c1-6(21)18-11-7(22)2-17(16(29)30,32-15(11)14(28)9(24)4-20)31-5-10(25)13(27)12(26)8(23)3-19/h3,7-15,20,22-28H,2,4-5H2,1H3,(H,18,21)(H,29,30). The molecule has 15 nitrogen and oxygen atoms in total. The van der Waals surface area contributed by atoms with Crippen molar-refractivity contribution in [2.24, 2.45) is 0 Å². The number of rotatable bonds is 12. The van der Waals surface area contributed by atoms with Crippen molar-refractivity contribution in [2.75, 3.05) is 13.2 Å². The van der Waals surface area contributed by atoms with E-state index in [2.05, 4.69) is 5.32 Å². The van der Waals surface area contributed by atoms with Gasteiger partial charge in [0.2, 0.25) is 5.91 Å². The summed E-state index contributed by atoms with van der Waals surface area (Å²) in [5.41, 5.74) is 0. The zero-order valence-electron chi connectivity index (χ0n) is 17.0. The van der Waals surface area contributed by atoms with Gasteiger partial charge in [-0.1, -0.05) is 0 Å². The maximum atomic E-state index is 11.9. The van der Waals surface area contributed by atoms with Crippen molar-refractivity contribution in [3.05, 3.63) is 0 Å². The summed E-state index contributed by atoms with van der Waals surface area (Å²) >= 11 is 0. The maximum absolute atomic E-state index is 11.9. The lowest BCUT2D eigenvalue weighted by atomic mass is 9.88. The highest BCUT2D eigenvalue weighted by molar-refractivity contribution is 5.76. The third-order valence-electron chi connectivity index (χ3n) is 4.91. The number of carbonyl (C=O) groups excluding carboxylic acids is 2. The van der Waals surface area contributed by atoms with Gasteiger partial charge >= 0.3 is 5.97 Å². The van der Waals surface area contributed by atoms with E-state index in [1.165, 1.54) is 0 Å². The molecule has 0 aromatic carbocycles. The van der Waals surface area contributed by atoms with E-state index in [1.807, 2.05) is 0 Å². The molecule has 10 unspecified atom stereocenters. The van der Waals surface area contributed by atoms with Gasteiger partial charge in [0, 0.05) is 13.3 Å². The van der Waals surface area contributed by atoms with Gasteiger partial charge in [-0.15, -0.1) is 0 Å². The van der Waals surface area contributed by atoms with Gasteiger partial charge in [-0.3, -0.25) is 4.79 Å². The Bertz CT molecular complexity index is 649. The van der Waals surface area contributed by atoms with Gasteiger partial charge in [0.1, 0.15) is 42.7 Å². The summed E-state index contributed by atoms with van der Waals surface area (Å²) in [7, 11) is 0.